The predicted octanol–water partition coefficient (Wildman–Crippen LogP) is 7.35. The van der Waals surface area contributed by atoms with Crippen molar-refractivity contribution in [2.45, 2.75) is 53.8 Å². The predicted molar refractivity (Wildman–Crippen MR) is 156 cm³/mol. The maximum Gasteiger partial charge on any atom is 0.410 e. The number of carbonyl (C=O) groups excluding carboxylic acids is 1. The lowest BCUT2D eigenvalue weighted by atomic mass is 9.87. The minimum absolute atomic E-state index is 0.0450. The molecule has 0 aliphatic heterocycles. The second-order valence-electron chi connectivity index (χ2n) is 10.3. The molecule has 38 heavy (non-hydrogen) atoms. The van der Waals surface area contributed by atoms with Crippen molar-refractivity contribution in [3.63, 3.8) is 0 Å². The summed E-state index contributed by atoms with van der Waals surface area (Å²) < 4.78 is 7.66. The van der Waals surface area contributed by atoms with Crippen molar-refractivity contribution in [3.05, 3.63) is 89.5 Å². The molecule has 198 valence electrons. The molecule has 3 aromatic carbocycles. The molecule has 0 fully saturated rings. The molecule has 1 amide bonds. The minimum Gasteiger partial charge on any atom is -0.445 e. The highest BCUT2D eigenvalue weighted by molar-refractivity contribution is 9.12. The van der Waals surface area contributed by atoms with Crippen LogP contribution in [0.3, 0.4) is 0 Å². The van der Waals surface area contributed by atoms with Gasteiger partial charge in [0.25, 0.3) is 0 Å². The highest BCUT2D eigenvalue weighted by atomic mass is 79.9. The Hall–Kier alpha value is -3.83. The third kappa shape index (κ3) is 7.14. The Kier molecular flexibility index (Phi) is 9.54. The number of anilines is 1. The van der Waals surface area contributed by atoms with E-state index in [0.29, 0.717) is 12.5 Å². The number of fused-ring (bicyclic) bond motifs is 1. The van der Waals surface area contributed by atoms with Crippen LogP contribution in [0.2, 0.25) is 0 Å². The van der Waals surface area contributed by atoms with Crippen LogP contribution in [0.25, 0.3) is 16.7 Å². The third-order valence-corrected chi connectivity index (χ3v) is 6.52. The lowest BCUT2D eigenvalue weighted by Gasteiger charge is -2.37. The summed E-state index contributed by atoms with van der Waals surface area (Å²) in [6.07, 6.45) is -0.332. The molecule has 1 atom stereocenters. The maximum atomic E-state index is 13.2. The Morgan fingerprint density at radius 3 is 2.42 bits per heavy atom. The first-order valence-corrected chi connectivity index (χ1v) is 13.2. The molecule has 0 saturated heterocycles. The summed E-state index contributed by atoms with van der Waals surface area (Å²) in [7, 11) is 0. The molecule has 0 spiro atoms. The second kappa shape index (κ2) is 12.6. The topological polar surface area (TPSA) is 97.2 Å². The quantitative estimate of drug-likeness (QED) is 0.259. The molecular formula is C30H34BrN5O2. The van der Waals surface area contributed by atoms with Crippen molar-refractivity contribution in [1.82, 2.24) is 14.5 Å². The summed E-state index contributed by atoms with van der Waals surface area (Å²) in [6.45, 7) is 11.2. The molecule has 0 aliphatic rings. The Morgan fingerprint density at radius 2 is 1.79 bits per heavy atom. The van der Waals surface area contributed by atoms with Crippen molar-refractivity contribution in [2.75, 3.05) is 5.73 Å². The zero-order valence-electron chi connectivity index (χ0n) is 22.5. The van der Waals surface area contributed by atoms with E-state index in [4.69, 9.17) is 15.7 Å². The number of nitriles is 1. The van der Waals surface area contributed by atoms with Gasteiger partial charge >= 0.3 is 6.09 Å². The van der Waals surface area contributed by atoms with E-state index in [1.54, 1.807) is 9.88 Å². The van der Waals surface area contributed by atoms with Gasteiger partial charge in [0, 0.05) is 34.2 Å². The number of carbonyl (C=O) groups is 1. The number of nitrogens with zero attached hydrogens (tertiary/aromatic N) is 4. The van der Waals surface area contributed by atoms with Crippen molar-refractivity contribution in [2.24, 2.45) is 5.41 Å². The van der Waals surface area contributed by atoms with E-state index in [1.165, 1.54) is 0 Å². The number of aryl methyl sites for hydroxylation is 1. The van der Waals surface area contributed by atoms with Gasteiger partial charge in [0.1, 0.15) is 11.6 Å². The van der Waals surface area contributed by atoms with E-state index in [-0.39, 0.29) is 24.2 Å². The van der Waals surface area contributed by atoms with Gasteiger partial charge in [-0.15, -0.1) is 0 Å². The van der Waals surface area contributed by atoms with E-state index in [2.05, 4.69) is 67.7 Å². The van der Waals surface area contributed by atoms with Gasteiger partial charge in [-0.1, -0.05) is 69.3 Å². The van der Waals surface area contributed by atoms with Gasteiger partial charge in [0.05, 0.1) is 11.0 Å². The molecule has 0 unspecified atom stereocenters. The summed E-state index contributed by atoms with van der Waals surface area (Å²) in [5.41, 5.74) is 12.0. The highest BCUT2D eigenvalue weighted by Gasteiger charge is 2.31. The summed E-state index contributed by atoms with van der Waals surface area (Å²) in [4.78, 5) is 21.2. The van der Waals surface area contributed by atoms with E-state index in [9.17, 15) is 4.79 Å². The number of ether oxygens (including phenoxy) is 1. The van der Waals surface area contributed by atoms with Crippen molar-refractivity contribution in [3.8, 4) is 10.7 Å². The third-order valence-electron chi connectivity index (χ3n) is 6.52. The Labute approximate surface area is 233 Å². The van der Waals surface area contributed by atoms with Crippen LogP contribution in [-0.4, -0.2) is 26.6 Å². The SMILES string of the molecule is Cc1cccc(-n2c(N)nc3cc(CN(C(=O)OCc4ccccc4)[C@@H](C)C(C)(C)C)ccc32)c1.N#CBr. The summed E-state index contributed by atoms with van der Waals surface area (Å²) in [5, 5.41) is 7.24. The molecule has 7 nitrogen and oxygen atoms in total. The first-order valence-electron chi connectivity index (χ1n) is 12.4. The Morgan fingerprint density at radius 1 is 1.11 bits per heavy atom. The van der Waals surface area contributed by atoms with E-state index >= 15 is 0 Å². The van der Waals surface area contributed by atoms with Crippen LogP contribution in [0.5, 0.6) is 0 Å². The van der Waals surface area contributed by atoms with Crippen molar-refractivity contribution in [1.29, 1.82) is 5.26 Å². The molecule has 8 heteroatoms. The lowest BCUT2D eigenvalue weighted by Crippen LogP contribution is -2.45. The molecule has 1 heterocycles. The normalized spacial score (nSPS) is 11.7. The monoisotopic (exact) mass is 575 g/mol. The minimum atomic E-state index is -0.332. The smallest absolute Gasteiger partial charge is 0.410 e. The fourth-order valence-electron chi connectivity index (χ4n) is 4.11. The standard InChI is InChI=1S/C29H34N4O2.CBrN/c1-20-10-9-13-24(16-20)33-26-15-14-23(17-25(26)31-27(33)30)18-32(21(2)29(3,4)5)28(34)35-19-22-11-7-6-8-12-22;2-1-3/h6-17,21H,18-19H2,1-5H3,(H2,30,31);/t21-;/m0./s1. The molecule has 0 bridgehead atoms. The number of halogens is 1. The number of rotatable bonds is 6. The average molecular weight is 577 g/mol. The molecule has 4 rings (SSSR count). The van der Waals surface area contributed by atoms with Crippen LogP contribution in [0.1, 0.15) is 44.4 Å². The number of hydrogen-bond acceptors (Lipinski definition) is 5. The van der Waals surface area contributed by atoms with Crippen LogP contribution in [0, 0.1) is 22.6 Å². The van der Waals surface area contributed by atoms with Crippen molar-refractivity contribution >= 4 is 39.0 Å². The molecule has 4 aromatic rings. The number of nitrogens with two attached hydrogens (primary N) is 1. The fourth-order valence-corrected chi connectivity index (χ4v) is 4.11. The first kappa shape index (κ1) is 28.7. The van der Waals surface area contributed by atoms with Crippen LogP contribution < -0.4 is 5.73 Å². The molecule has 0 saturated carbocycles. The fraction of sp³-hybridized carbons (Fsp3) is 0.300. The molecule has 0 aliphatic carbocycles. The Bertz CT molecular complexity index is 1420. The maximum absolute atomic E-state index is 13.2. The largest absolute Gasteiger partial charge is 0.445 e. The molecule has 0 radical (unpaired) electrons. The van der Waals surface area contributed by atoms with E-state index in [1.807, 2.05) is 65.2 Å². The number of imidazole rings is 1. The van der Waals surface area contributed by atoms with E-state index < -0.39 is 0 Å². The highest BCUT2D eigenvalue weighted by Crippen LogP contribution is 2.29. The zero-order valence-corrected chi connectivity index (χ0v) is 24.1. The van der Waals surface area contributed by atoms with Gasteiger partial charge in [-0.2, -0.15) is 5.26 Å². The van der Waals surface area contributed by atoms with Crippen LogP contribution >= 0.6 is 15.9 Å². The second-order valence-corrected chi connectivity index (χ2v) is 10.6. The zero-order chi connectivity index (χ0) is 27.9. The molecule has 1 aromatic heterocycles. The van der Waals surface area contributed by atoms with Gasteiger partial charge in [-0.3, -0.25) is 4.57 Å². The summed E-state index contributed by atoms with van der Waals surface area (Å²) >= 11 is 2.45. The average Bonchev–Trinajstić information content (AvgIpc) is 3.21. The number of hydrogen-bond donors (Lipinski definition) is 1. The number of aromatic nitrogens is 2. The van der Waals surface area contributed by atoms with Crippen LogP contribution in [-0.2, 0) is 17.9 Å². The van der Waals surface area contributed by atoms with Gasteiger partial charge in [0.2, 0.25) is 5.95 Å². The Balaban J connectivity index is 0.00000127. The van der Waals surface area contributed by atoms with Crippen LogP contribution in [0.15, 0.2) is 72.8 Å². The molecule has 2 N–H and O–H groups in total. The lowest BCUT2D eigenvalue weighted by molar-refractivity contribution is 0.0540. The van der Waals surface area contributed by atoms with Gasteiger partial charge in [-0.25, -0.2) is 9.78 Å². The summed E-state index contributed by atoms with van der Waals surface area (Å²) in [5.74, 6) is 0.435. The van der Waals surface area contributed by atoms with E-state index in [0.717, 1.165) is 33.4 Å². The van der Waals surface area contributed by atoms with Crippen LogP contribution in [0.4, 0.5) is 10.7 Å². The summed E-state index contributed by atoms with van der Waals surface area (Å²) in [6, 6.07) is 23.9. The van der Waals surface area contributed by atoms with Gasteiger partial charge in [0.15, 0.2) is 0 Å². The number of amides is 1. The number of nitrogen functional groups attached to an aromatic ring is 1. The first-order chi connectivity index (χ1) is 18.0. The van der Waals surface area contributed by atoms with Gasteiger partial charge in [-0.05, 0) is 60.2 Å². The van der Waals surface area contributed by atoms with Gasteiger partial charge < -0.3 is 15.4 Å². The number of benzene rings is 3. The molecular weight excluding hydrogens is 542 g/mol. The van der Waals surface area contributed by atoms with Crippen molar-refractivity contribution < 1.29 is 9.53 Å².